The predicted octanol–water partition coefficient (Wildman–Crippen LogP) is 3.32. The van der Waals surface area contributed by atoms with Crippen LogP contribution in [-0.2, 0) is 0 Å². The fraction of sp³-hybridized carbons (Fsp3) is 0.143. The highest BCUT2D eigenvalue weighted by Gasteiger charge is 2.22. The number of aromatic nitrogens is 2. The minimum atomic E-state index is -0.455. The van der Waals surface area contributed by atoms with E-state index in [1.165, 1.54) is 41.9 Å². The van der Waals surface area contributed by atoms with Crippen molar-refractivity contribution < 1.29 is 9.66 Å². The third-order valence-electron chi connectivity index (χ3n) is 3.31. The number of nitrogen functional groups attached to an aromatic ring is 2. The van der Waals surface area contributed by atoms with Crippen molar-refractivity contribution in [2.45, 2.75) is 6.92 Å². The molecule has 0 radical (unpaired) electrons. The number of anilines is 2. The van der Waals surface area contributed by atoms with Crippen molar-refractivity contribution in [1.82, 2.24) is 9.97 Å². The van der Waals surface area contributed by atoms with Crippen LogP contribution in [0.3, 0.4) is 0 Å². The number of nitrogens with two attached hydrogens (primary N) is 2. The van der Waals surface area contributed by atoms with Crippen LogP contribution in [0.4, 0.5) is 16.0 Å². The van der Waals surface area contributed by atoms with Crippen LogP contribution < -0.4 is 16.2 Å². The molecule has 0 saturated heterocycles. The quantitative estimate of drug-likeness (QED) is 0.537. The lowest BCUT2D eigenvalue weighted by Gasteiger charge is -2.08. The molecule has 0 aliphatic carbocycles. The fourth-order valence-electron chi connectivity index (χ4n) is 2.30. The molecule has 24 heavy (non-hydrogen) atoms. The zero-order chi connectivity index (χ0) is 17.4. The highest BCUT2D eigenvalue weighted by molar-refractivity contribution is 7.21. The van der Waals surface area contributed by atoms with Crippen LogP contribution in [0.15, 0.2) is 18.2 Å². The Hall–Kier alpha value is -2.72. The first-order valence-electron chi connectivity index (χ1n) is 6.73. The molecule has 0 saturated carbocycles. The zero-order valence-corrected chi connectivity index (χ0v) is 14.4. The Bertz CT molecular complexity index is 935. The van der Waals surface area contributed by atoms with E-state index in [9.17, 15) is 10.1 Å². The van der Waals surface area contributed by atoms with Crippen molar-refractivity contribution in [1.29, 1.82) is 0 Å². The molecule has 1 aromatic carbocycles. The Kier molecular flexibility index (Phi) is 4.08. The van der Waals surface area contributed by atoms with Crippen LogP contribution in [0.25, 0.3) is 21.0 Å². The van der Waals surface area contributed by atoms with Crippen molar-refractivity contribution in [2.75, 3.05) is 18.6 Å². The van der Waals surface area contributed by atoms with Crippen LogP contribution >= 0.6 is 22.7 Å². The van der Waals surface area contributed by atoms with Gasteiger partial charge in [0.05, 0.1) is 27.5 Å². The largest absolute Gasteiger partial charge is 0.496 e. The summed E-state index contributed by atoms with van der Waals surface area (Å²) in [6.07, 6.45) is 0. The molecule has 2 heterocycles. The Morgan fingerprint density at radius 2 is 1.83 bits per heavy atom. The number of rotatable bonds is 4. The Morgan fingerprint density at radius 3 is 2.42 bits per heavy atom. The molecular formula is C14H13N5O3S2. The molecule has 10 heteroatoms. The average Bonchev–Trinajstić information content (AvgIpc) is 3.08. The summed E-state index contributed by atoms with van der Waals surface area (Å²) in [7, 11) is 1.50. The van der Waals surface area contributed by atoms with Gasteiger partial charge in [-0.25, -0.2) is 9.97 Å². The summed E-state index contributed by atoms with van der Waals surface area (Å²) in [5.41, 5.74) is 13.5. The summed E-state index contributed by atoms with van der Waals surface area (Å²) in [6, 6.07) is 4.40. The number of hydrogen-bond acceptors (Lipinski definition) is 9. The number of thiazole rings is 2. The van der Waals surface area contributed by atoms with E-state index in [2.05, 4.69) is 9.97 Å². The van der Waals surface area contributed by atoms with E-state index in [-0.39, 0.29) is 5.69 Å². The molecule has 0 bridgehead atoms. The third kappa shape index (κ3) is 2.76. The second kappa shape index (κ2) is 6.06. The van der Waals surface area contributed by atoms with Gasteiger partial charge >= 0.3 is 0 Å². The number of methoxy groups -OCH3 is 1. The van der Waals surface area contributed by atoms with Crippen molar-refractivity contribution in [3.63, 3.8) is 0 Å². The second-order valence-electron chi connectivity index (χ2n) is 4.84. The molecule has 0 atom stereocenters. The molecule has 3 aromatic rings. The molecule has 3 rings (SSSR count). The normalized spacial score (nSPS) is 10.8. The minimum absolute atomic E-state index is 0.0377. The number of nitro benzene ring substituents is 1. The minimum Gasteiger partial charge on any atom is -0.496 e. The maximum Gasteiger partial charge on any atom is 0.270 e. The van der Waals surface area contributed by atoms with E-state index in [1.54, 1.807) is 6.07 Å². The topological polar surface area (TPSA) is 130 Å². The number of nitrogens with zero attached hydrogens (tertiary/aromatic N) is 3. The van der Waals surface area contributed by atoms with Crippen molar-refractivity contribution in [3.8, 4) is 26.8 Å². The van der Waals surface area contributed by atoms with Gasteiger partial charge in [0.2, 0.25) is 0 Å². The van der Waals surface area contributed by atoms with Crippen molar-refractivity contribution >= 4 is 38.6 Å². The van der Waals surface area contributed by atoms with Gasteiger partial charge < -0.3 is 16.2 Å². The summed E-state index contributed by atoms with van der Waals surface area (Å²) in [5.74, 6) is 0.501. The number of benzene rings is 1. The van der Waals surface area contributed by atoms with Gasteiger partial charge in [-0.05, 0) is 13.0 Å². The summed E-state index contributed by atoms with van der Waals surface area (Å²) < 4.78 is 5.35. The molecule has 0 aliphatic rings. The van der Waals surface area contributed by atoms with Crippen LogP contribution in [0.5, 0.6) is 5.75 Å². The van der Waals surface area contributed by atoms with Crippen LogP contribution in [0.1, 0.15) is 5.69 Å². The van der Waals surface area contributed by atoms with Gasteiger partial charge in [0.25, 0.3) is 5.69 Å². The number of aryl methyl sites for hydroxylation is 1. The van der Waals surface area contributed by atoms with Crippen LogP contribution in [0, 0.1) is 17.0 Å². The van der Waals surface area contributed by atoms with E-state index in [4.69, 9.17) is 16.2 Å². The monoisotopic (exact) mass is 363 g/mol. The summed E-state index contributed by atoms with van der Waals surface area (Å²) in [5, 5.41) is 11.9. The molecule has 0 unspecified atom stereocenters. The molecular weight excluding hydrogens is 350 g/mol. The van der Waals surface area contributed by atoms with Gasteiger partial charge in [-0.3, -0.25) is 10.1 Å². The zero-order valence-electron chi connectivity index (χ0n) is 12.8. The van der Waals surface area contributed by atoms with Gasteiger partial charge in [-0.2, -0.15) is 0 Å². The lowest BCUT2D eigenvalue weighted by Crippen LogP contribution is -1.92. The number of nitro groups is 1. The SMILES string of the molecule is COc1ccc([N+](=O)[O-])cc1-c1sc(N)nc1-c1sc(N)nc1C. The molecule has 124 valence electrons. The first kappa shape index (κ1) is 16.1. The van der Waals surface area contributed by atoms with Gasteiger partial charge in [0, 0.05) is 17.7 Å². The molecule has 0 amide bonds. The maximum absolute atomic E-state index is 11.1. The van der Waals surface area contributed by atoms with Gasteiger partial charge in [-0.1, -0.05) is 22.7 Å². The molecule has 4 N–H and O–H groups in total. The second-order valence-corrected chi connectivity index (χ2v) is 6.90. The fourth-order valence-corrected chi connectivity index (χ4v) is 4.05. The van der Waals surface area contributed by atoms with E-state index in [0.29, 0.717) is 32.1 Å². The number of ether oxygens (including phenoxy) is 1. The summed E-state index contributed by atoms with van der Waals surface area (Å²) >= 11 is 2.53. The van der Waals surface area contributed by atoms with Crippen LogP contribution in [0.2, 0.25) is 0 Å². The van der Waals surface area contributed by atoms with Gasteiger partial charge in [-0.15, -0.1) is 0 Å². The third-order valence-corrected chi connectivity index (χ3v) is 5.22. The molecule has 8 nitrogen and oxygen atoms in total. The molecule has 0 aliphatic heterocycles. The predicted molar refractivity (Wildman–Crippen MR) is 95.4 cm³/mol. The maximum atomic E-state index is 11.1. The first-order valence-corrected chi connectivity index (χ1v) is 8.36. The van der Waals surface area contributed by atoms with E-state index >= 15 is 0 Å². The summed E-state index contributed by atoms with van der Waals surface area (Å²) in [6.45, 7) is 1.83. The highest BCUT2D eigenvalue weighted by atomic mass is 32.1. The number of hydrogen-bond donors (Lipinski definition) is 2. The molecule has 2 aromatic heterocycles. The highest BCUT2D eigenvalue weighted by Crippen LogP contribution is 2.45. The Morgan fingerprint density at radius 1 is 1.17 bits per heavy atom. The summed E-state index contributed by atoms with van der Waals surface area (Å²) in [4.78, 5) is 20.7. The van der Waals surface area contributed by atoms with Gasteiger partial charge in [0.15, 0.2) is 10.3 Å². The molecule has 0 spiro atoms. The lowest BCUT2D eigenvalue weighted by atomic mass is 10.1. The van der Waals surface area contributed by atoms with E-state index in [0.717, 1.165) is 10.6 Å². The Labute approximate surface area is 144 Å². The van der Waals surface area contributed by atoms with Gasteiger partial charge in [0.1, 0.15) is 11.4 Å². The van der Waals surface area contributed by atoms with E-state index in [1.807, 2.05) is 6.92 Å². The van der Waals surface area contributed by atoms with E-state index < -0.39 is 4.92 Å². The average molecular weight is 363 g/mol. The first-order chi connectivity index (χ1) is 11.4. The lowest BCUT2D eigenvalue weighted by molar-refractivity contribution is -0.384. The van der Waals surface area contributed by atoms with Crippen LogP contribution in [-0.4, -0.2) is 22.0 Å². The molecule has 0 fully saturated rings. The van der Waals surface area contributed by atoms with Crippen molar-refractivity contribution in [3.05, 3.63) is 34.0 Å². The van der Waals surface area contributed by atoms with Crippen molar-refractivity contribution in [2.24, 2.45) is 0 Å². The number of non-ortho nitro benzene ring substituents is 1. The standard InChI is InChI=1S/C14H13N5O3S2/c1-6-11(23-13(15)17-6)10-12(24-14(16)18-10)8-5-7(19(20)21)3-4-9(8)22-2/h3-5H,1-2H3,(H2,15,17)(H2,16,18). The smallest absolute Gasteiger partial charge is 0.270 e. The Balaban J connectivity index is 2.26.